The van der Waals surface area contributed by atoms with Crippen molar-refractivity contribution in [2.24, 2.45) is 0 Å². The van der Waals surface area contributed by atoms with Crippen molar-refractivity contribution in [2.45, 2.75) is 6.54 Å². The van der Waals surface area contributed by atoms with E-state index >= 15 is 0 Å². The molecule has 0 aliphatic heterocycles. The molecular formula is C13H8Br3Cl2NO. The van der Waals surface area contributed by atoms with E-state index in [2.05, 4.69) is 53.1 Å². The first kappa shape index (κ1) is 16.4. The zero-order chi connectivity index (χ0) is 14.9. The lowest BCUT2D eigenvalue weighted by atomic mass is 10.2. The molecule has 0 radical (unpaired) electrons. The zero-order valence-electron chi connectivity index (χ0n) is 9.85. The summed E-state index contributed by atoms with van der Waals surface area (Å²) in [7, 11) is 0. The molecule has 106 valence electrons. The molecule has 7 heteroatoms. The Hall–Kier alpha value is 0.0600. The fraction of sp³-hybridized carbons (Fsp3) is 0.0769. The number of phenolic OH excluding ortho intramolecular Hbond substituents is 1. The highest BCUT2D eigenvalue weighted by molar-refractivity contribution is 9.11. The van der Waals surface area contributed by atoms with Crippen LogP contribution in [0.25, 0.3) is 0 Å². The van der Waals surface area contributed by atoms with Crippen molar-refractivity contribution in [3.63, 3.8) is 0 Å². The van der Waals surface area contributed by atoms with Gasteiger partial charge in [-0.15, -0.1) is 0 Å². The second kappa shape index (κ2) is 6.88. The Labute approximate surface area is 151 Å². The summed E-state index contributed by atoms with van der Waals surface area (Å²) in [5.74, 6) is 0.174. The number of nitrogens with one attached hydrogen (secondary N) is 1. The highest BCUT2D eigenvalue weighted by Gasteiger charge is 2.09. The monoisotopic (exact) mass is 501 g/mol. The summed E-state index contributed by atoms with van der Waals surface area (Å²) in [6.07, 6.45) is 0. The Morgan fingerprint density at radius 1 is 0.950 bits per heavy atom. The van der Waals surface area contributed by atoms with Crippen LogP contribution >= 0.6 is 71.0 Å². The standard InChI is InChI=1S/C13H8Br3Cl2NO/c14-7-3-10(17)12(11(18)4-7)19-5-6-1-8(15)13(20)9(16)2-6/h1-4,19-20H,5H2. The van der Waals surface area contributed by atoms with Crippen LogP contribution in [0.2, 0.25) is 10.0 Å². The fourth-order valence-electron chi connectivity index (χ4n) is 1.62. The average Bonchev–Trinajstić information content (AvgIpc) is 2.34. The summed E-state index contributed by atoms with van der Waals surface area (Å²) >= 11 is 22.2. The first-order valence-electron chi connectivity index (χ1n) is 5.44. The molecule has 0 aliphatic carbocycles. The Morgan fingerprint density at radius 2 is 1.45 bits per heavy atom. The van der Waals surface area contributed by atoms with E-state index in [1.807, 2.05) is 12.1 Å². The molecule has 2 rings (SSSR count). The largest absolute Gasteiger partial charge is 0.506 e. The van der Waals surface area contributed by atoms with Gasteiger partial charge >= 0.3 is 0 Å². The van der Waals surface area contributed by atoms with E-state index < -0.39 is 0 Å². The van der Waals surface area contributed by atoms with E-state index in [4.69, 9.17) is 23.2 Å². The number of benzene rings is 2. The summed E-state index contributed by atoms with van der Waals surface area (Å²) in [5.41, 5.74) is 1.65. The second-order valence-electron chi connectivity index (χ2n) is 4.01. The molecule has 0 saturated carbocycles. The molecule has 2 aromatic rings. The summed E-state index contributed by atoms with van der Waals surface area (Å²) in [4.78, 5) is 0. The van der Waals surface area contributed by atoms with E-state index in [-0.39, 0.29) is 5.75 Å². The first-order chi connectivity index (χ1) is 9.38. The lowest BCUT2D eigenvalue weighted by molar-refractivity contribution is 0.468. The molecule has 0 unspecified atom stereocenters. The van der Waals surface area contributed by atoms with E-state index in [1.54, 1.807) is 12.1 Å². The maximum absolute atomic E-state index is 9.67. The smallest absolute Gasteiger partial charge is 0.143 e. The number of halogens is 5. The van der Waals surface area contributed by atoms with E-state index in [1.165, 1.54) is 0 Å². The average molecular weight is 505 g/mol. The third kappa shape index (κ3) is 3.83. The van der Waals surface area contributed by atoms with Crippen molar-refractivity contribution >= 4 is 76.7 Å². The first-order valence-corrected chi connectivity index (χ1v) is 8.57. The third-order valence-electron chi connectivity index (χ3n) is 2.55. The molecule has 0 saturated heterocycles. The van der Waals surface area contributed by atoms with Crippen LogP contribution in [0.3, 0.4) is 0 Å². The number of rotatable bonds is 3. The molecule has 20 heavy (non-hydrogen) atoms. The Morgan fingerprint density at radius 3 is 1.95 bits per heavy atom. The normalized spacial score (nSPS) is 10.7. The second-order valence-corrected chi connectivity index (χ2v) is 7.44. The van der Waals surface area contributed by atoms with E-state index in [0.29, 0.717) is 31.2 Å². The van der Waals surface area contributed by atoms with Crippen molar-refractivity contribution in [2.75, 3.05) is 5.32 Å². The summed E-state index contributed by atoms with van der Waals surface area (Å²) in [5, 5.41) is 13.9. The minimum atomic E-state index is 0.174. The van der Waals surface area contributed by atoms with Gasteiger partial charge in [0.25, 0.3) is 0 Å². The quantitative estimate of drug-likeness (QED) is 0.494. The van der Waals surface area contributed by atoms with E-state index in [0.717, 1.165) is 10.0 Å². The summed E-state index contributed by atoms with van der Waals surface area (Å²) in [6.45, 7) is 0.526. The van der Waals surface area contributed by atoms with Crippen LogP contribution in [0.1, 0.15) is 5.56 Å². The molecule has 0 amide bonds. The Bertz CT molecular complexity index is 618. The predicted octanol–water partition coefficient (Wildman–Crippen LogP) is 6.60. The number of hydrogen-bond acceptors (Lipinski definition) is 2. The maximum atomic E-state index is 9.67. The van der Waals surface area contributed by atoms with Gasteiger partial charge in [-0.2, -0.15) is 0 Å². The van der Waals surface area contributed by atoms with Crippen LogP contribution < -0.4 is 5.32 Å². The van der Waals surface area contributed by atoms with Gasteiger partial charge in [-0.25, -0.2) is 0 Å². The predicted molar refractivity (Wildman–Crippen MR) is 95.0 cm³/mol. The van der Waals surface area contributed by atoms with Crippen LogP contribution in [0.5, 0.6) is 5.75 Å². The molecule has 0 aromatic heterocycles. The molecule has 0 bridgehead atoms. The molecule has 0 fully saturated rings. The van der Waals surface area contributed by atoms with Gasteiger partial charge in [0.05, 0.1) is 24.7 Å². The number of aromatic hydroxyl groups is 1. The van der Waals surface area contributed by atoms with Crippen molar-refractivity contribution in [3.05, 3.63) is 53.3 Å². The molecule has 2 N–H and O–H groups in total. The van der Waals surface area contributed by atoms with Crippen molar-refractivity contribution in [1.82, 2.24) is 0 Å². The van der Waals surface area contributed by atoms with Crippen LogP contribution in [0.15, 0.2) is 37.7 Å². The van der Waals surface area contributed by atoms with Crippen LogP contribution in [-0.2, 0) is 6.54 Å². The SMILES string of the molecule is Oc1c(Br)cc(CNc2c(Cl)cc(Br)cc2Cl)cc1Br. The number of hydrogen-bond donors (Lipinski definition) is 2. The molecule has 2 aromatic carbocycles. The molecule has 2 nitrogen and oxygen atoms in total. The number of anilines is 1. The van der Waals surface area contributed by atoms with Gasteiger partial charge in [0.15, 0.2) is 0 Å². The minimum Gasteiger partial charge on any atom is -0.506 e. The molecule has 0 heterocycles. The van der Waals surface area contributed by atoms with Crippen molar-refractivity contribution in [3.8, 4) is 5.75 Å². The maximum Gasteiger partial charge on any atom is 0.143 e. The van der Waals surface area contributed by atoms with Crippen LogP contribution in [0.4, 0.5) is 5.69 Å². The summed E-state index contributed by atoms with van der Waals surface area (Å²) in [6, 6.07) is 7.21. The highest BCUT2D eigenvalue weighted by Crippen LogP contribution is 2.36. The fourth-order valence-corrected chi connectivity index (χ4v) is 4.24. The highest BCUT2D eigenvalue weighted by atomic mass is 79.9. The van der Waals surface area contributed by atoms with Gasteiger partial charge in [-0.3, -0.25) is 0 Å². The topological polar surface area (TPSA) is 32.3 Å². The van der Waals surface area contributed by atoms with Gasteiger partial charge < -0.3 is 10.4 Å². The Kier molecular flexibility index (Phi) is 5.65. The molecule has 0 atom stereocenters. The molecule has 0 spiro atoms. The van der Waals surface area contributed by atoms with Gasteiger partial charge in [0, 0.05) is 11.0 Å². The third-order valence-corrected chi connectivity index (χ3v) is 4.82. The van der Waals surface area contributed by atoms with Gasteiger partial charge in [0.1, 0.15) is 5.75 Å². The van der Waals surface area contributed by atoms with Crippen molar-refractivity contribution < 1.29 is 5.11 Å². The Balaban J connectivity index is 2.21. The lowest BCUT2D eigenvalue weighted by Gasteiger charge is -2.12. The van der Waals surface area contributed by atoms with Crippen molar-refractivity contribution in [1.29, 1.82) is 0 Å². The van der Waals surface area contributed by atoms with Gasteiger partial charge in [-0.1, -0.05) is 39.1 Å². The lowest BCUT2D eigenvalue weighted by Crippen LogP contribution is -2.01. The van der Waals surface area contributed by atoms with Crippen LogP contribution in [-0.4, -0.2) is 5.11 Å². The van der Waals surface area contributed by atoms with Gasteiger partial charge in [-0.05, 0) is 61.7 Å². The van der Waals surface area contributed by atoms with Crippen LogP contribution in [0, 0.1) is 0 Å². The number of phenols is 1. The zero-order valence-corrected chi connectivity index (χ0v) is 16.1. The minimum absolute atomic E-state index is 0.174. The summed E-state index contributed by atoms with van der Waals surface area (Å²) < 4.78 is 2.07. The molecule has 0 aliphatic rings. The molecular weight excluding hydrogens is 497 g/mol. The van der Waals surface area contributed by atoms with Gasteiger partial charge in [0.2, 0.25) is 0 Å². The van der Waals surface area contributed by atoms with E-state index in [9.17, 15) is 5.11 Å².